The van der Waals surface area contributed by atoms with Gasteiger partial charge in [0.05, 0.1) is 18.8 Å². The van der Waals surface area contributed by atoms with E-state index in [0.717, 1.165) is 6.42 Å². The molecule has 1 fully saturated rings. The van der Waals surface area contributed by atoms with Crippen molar-refractivity contribution < 1.29 is 13.9 Å². The van der Waals surface area contributed by atoms with E-state index in [2.05, 4.69) is 10.2 Å². The average Bonchev–Trinajstić information content (AvgIpc) is 2.50. The summed E-state index contributed by atoms with van der Waals surface area (Å²) in [5, 5.41) is 3.29. The maximum atomic E-state index is 14.4. The molecular weight excluding hydrogens is 319 g/mol. The Morgan fingerprint density at radius 2 is 2.35 bits per heavy atom. The van der Waals surface area contributed by atoms with Gasteiger partial charge in [0.2, 0.25) is 5.91 Å². The second-order valence-electron chi connectivity index (χ2n) is 5.88. The van der Waals surface area contributed by atoms with Crippen LogP contribution in [0.4, 0.5) is 4.39 Å². The Kier molecular flexibility index (Phi) is 6.81. The lowest BCUT2D eigenvalue weighted by atomic mass is 10.0. The molecule has 128 valence electrons. The summed E-state index contributed by atoms with van der Waals surface area (Å²) < 4.78 is 19.9. The van der Waals surface area contributed by atoms with Crippen LogP contribution in [-0.4, -0.2) is 43.2 Å². The summed E-state index contributed by atoms with van der Waals surface area (Å²) in [6.07, 6.45) is 1.33. The van der Waals surface area contributed by atoms with Crippen molar-refractivity contribution in [2.24, 2.45) is 0 Å². The lowest BCUT2D eigenvalue weighted by Gasteiger charge is -2.38. The molecule has 1 heterocycles. The number of carbonyl (C=O) groups excluding carboxylic acids is 1. The standard InChI is InChI=1S/C17H24ClFN2O2/c1-3-5-16(22)20-10-15(21-8-9-23-12(2)11-21)17-13(18)6-4-7-14(17)19/h4,6-7,12,15H,3,5,8-11H2,1-2H3,(H,20,22)/t12-,15+/m1/s1. The largest absolute Gasteiger partial charge is 0.376 e. The zero-order chi connectivity index (χ0) is 16.8. The molecule has 2 atom stereocenters. The first kappa shape index (κ1) is 18.2. The van der Waals surface area contributed by atoms with Gasteiger partial charge >= 0.3 is 0 Å². The van der Waals surface area contributed by atoms with Crippen LogP contribution in [0.3, 0.4) is 0 Å². The molecule has 0 bridgehead atoms. The van der Waals surface area contributed by atoms with Gasteiger partial charge in [0.1, 0.15) is 5.82 Å². The molecule has 1 aromatic rings. The Balaban J connectivity index is 2.22. The molecule has 0 unspecified atom stereocenters. The van der Waals surface area contributed by atoms with E-state index in [1.165, 1.54) is 6.07 Å². The normalized spacial score (nSPS) is 20.3. The SMILES string of the molecule is CCCC(=O)NC[C@@H](c1c(F)cccc1Cl)N1CCO[C@H](C)C1. The highest BCUT2D eigenvalue weighted by Crippen LogP contribution is 2.31. The minimum Gasteiger partial charge on any atom is -0.376 e. The first-order valence-corrected chi connectivity index (χ1v) is 8.47. The summed E-state index contributed by atoms with van der Waals surface area (Å²) in [6.45, 7) is 6.23. The molecule has 1 aliphatic heterocycles. The van der Waals surface area contributed by atoms with Crippen LogP contribution in [0.5, 0.6) is 0 Å². The molecular formula is C17H24ClFN2O2. The highest BCUT2D eigenvalue weighted by molar-refractivity contribution is 6.31. The van der Waals surface area contributed by atoms with Gasteiger partial charge in [0.15, 0.2) is 0 Å². The van der Waals surface area contributed by atoms with E-state index in [-0.39, 0.29) is 23.9 Å². The quantitative estimate of drug-likeness (QED) is 0.863. The fraction of sp³-hybridized carbons (Fsp3) is 0.588. The molecule has 1 amide bonds. The van der Waals surface area contributed by atoms with Gasteiger partial charge in [-0.15, -0.1) is 0 Å². The predicted octanol–water partition coefficient (Wildman–Crippen LogP) is 3.16. The van der Waals surface area contributed by atoms with Crippen LogP contribution in [0.2, 0.25) is 5.02 Å². The van der Waals surface area contributed by atoms with E-state index in [0.29, 0.717) is 43.2 Å². The predicted molar refractivity (Wildman–Crippen MR) is 89.1 cm³/mol. The zero-order valence-electron chi connectivity index (χ0n) is 13.6. The highest BCUT2D eigenvalue weighted by atomic mass is 35.5. The summed E-state index contributed by atoms with van der Waals surface area (Å²) >= 11 is 6.25. The molecule has 6 heteroatoms. The molecule has 1 aliphatic rings. The molecule has 4 nitrogen and oxygen atoms in total. The third-order valence-electron chi connectivity index (χ3n) is 4.02. The van der Waals surface area contributed by atoms with Gasteiger partial charge in [0.25, 0.3) is 0 Å². The van der Waals surface area contributed by atoms with Crippen molar-refractivity contribution in [2.75, 3.05) is 26.2 Å². The molecule has 0 radical (unpaired) electrons. The van der Waals surface area contributed by atoms with Crippen LogP contribution in [0.25, 0.3) is 0 Å². The van der Waals surface area contributed by atoms with Crippen LogP contribution in [0.1, 0.15) is 38.3 Å². The van der Waals surface area contributed by atoms with Crippen molar-refractivity contribution in [3.8, 4) is 0 Å². The van der Waals surface area contributed by atoms with Crippen LogP contribution in [0, 0.1) is 5.82 Å². The summed E-state index contributed by atoms with van der Waals surface area (Å²) in [6, 6.07) is 4.39. The number of hydrogen-bond donors (Lipinski definition) is 1. The summed E-state index contributed by atoms with van der Waals surface area (Å²) in [4.78, 5) is 13.9. The third-order valence-corrected chi connectivity index (χ3v) is 4.35. The number of nitrogens with zero attached hydrogens (tertiary/aromatic N) is 1. The Labute approximate surface area is 141 Å². The van der Waals surface area contributed by atoms with Crippen molar-refractivity contribution in [3.63, 3.8) is 0 Å². The van der Waals surface area contributed by atoms with Gasteiger partial charge in [-0.2, -0.15) is 0 Å². The van der Waals surface area contributed by atoms with Gasteiger partial charge in [-0.25, -0.2) is 4.39 Å². The van der Waals surface area contributed by atoms with E-state index in [9.17, 15) is 9.18 Å². The summed E-state index contributed by atoms with van der Waals surface area (Å²) in [5.74, 6) is -0.363. The molecule has 1 aromatic carbocycles. The number of rotatable bonds is 6. The Morgan fingerprint density at radius 3 is 3.00 bits per heavy atom. The fourth-order valence-corrected chi connectivity index (χ4v) is 3.19. The lowest BCUT2D eigenvalue weighted by molar-refractivity contribution is -0.121. The monoisotopic (exact) mass is 342 g/mol. The second-order valence-corrected chi connectivity index (χ2v) is 6.29. The van der Waals surface area contributed by atoms with Gasteiger partial charge in [0, 0.05) is 36.6 Å². The maximum Gasteiger partial charge on any atom is 0.220 e. The van der Waals surface area contributed by atoms with Crippen LogP contribution >= 0.6 is 11.6 Å². The number of morpholine rings is 1. The second kappa shape index (κ2) is 8.62. The first-order valence-electron chi connectivity index (χ1n) is 8.09. The van der Waals surface area contributed by atoms with Gasteiger partial charge in [-0.05, 0) is 25.5 Å². The minimum atomic E-state index is -0.341. The van der Waals surface area contributed by atoms with E-state index < -0.39 is 0 Å². The van der Waals surface area contributed by atoms with Crippen LogP contribution < -0.4 is 5.32 Å². The van der Waals surface area contributed by atoms with Crippen LogP contribution in [0.15, 0.2) is 18.2 Å². The maximum absolute atomic E-state index is 14.4. The minimum absolute atomic E-state index is 0.0220. The lowest BCUT2D eigenvalue weighted by Crippen LogP contribution is -2.46. The molecule has 0 aromatic heterocycles. The molecule has 23 heavy (non-hydrogen) atoms. The van der Waals surface area contributed by atoms with Gasteiger partial charge in [-0.3, -0.25) is 9.69 Å². The number of carbonyl (C=O) groups is 1. The highest BCUT2D eigenvalue weighted by Gasteiger charge is 2.29. The van der Waals surface area contributed by atoms with Crippen molar-refractivity contribution in [1.82, 2.24) is 10.2 Å². The Bertz CT molecular complexity index is 521. The van der Waals surface area contributed by atoms with Gasteiger partial charge < -0.3 is 10.1 Å². The van der Waals surface area contributed by atoms with Crippen LogP contribution in [-0.2, 0) is 9.53 Å². The van der Waals surface area contributed by atoms with E-state index >= 15 is 0 Å². The van der Waals surface area contributed by atoms with Crippen molar-refractivity contribution in [3.05, 3.63) is 34.6 Å². The molecule has 2 rings (SSSR count). The number of ether oxygens (including phenoxy) is 1. The van der Waals surface area contributed by atoms with Crippen molar-refractivity contribution in [1.29, 1.82) is 0 Å². The van der Waals surface area contributed by atoms with Gasteiger partial charge in [-0.1, -0.05) is 24.6 Å². The molecule has 1 N–H and O–H groups in total. The number of benzene rings is 1. The number of hydrogen-bond acceptors (Lipinski definition) is 3. The number of halogens is 2. The smallest absolute Gasteiger partial charge is 0.220 e. The molecule has 0 saturated carbocycles. The first-order chi connectivity index (χ1) is 11.0. The fourth-order valence-electron chi connectivity index (χ4n) is 2.90. The number of nitrogens with one attached hydrogen (secondary N) is 1. The topological polar surface area (TPSA) is 41.6 Å². The van der Waals surface area contributed by atoms with E-state index in [4.69, 9.17) is 16.3 Å². The number of amides is 1. The van der Waals surface area contributed by atoms with Crippen molar-refractivity contribution >= 4 is 17.5 Å². The van der Waals surface area contributed by atoms with E-state index in [1.54, 1.807) is 12.1 Å². The molecule has 1 saturated heterocycles. The zero-order valence-corrected chi connectivity index (χ0v) is 14.4. The van der Waals surface area contributed by atoms with E-state index in [1.807, 2.05) is 13.8 Å². The third kappa shape index (κ3) is 4.90. The summed E-state index contributed by atoms with van der Waals surface area (Å²) in [5.41, 5.74) is 0.445. The molecule has 0 spiro atoms. The molecule has 0 aliphatic carbocycles. The average molecular weight is 343 g/mol. The Morgan fingerprint density at radius 1 is 1.57 bits per heavy atom. The van der Waals surface area contributed by atoms with Crippen molar-refractivity contribution in [2.45, 2.75) is 38.8 Å². The summed E-state index contributed by atoms with van der Waals surface area (Å²) in [7, 11) is 0. The Hall–Kier alpha value is -1.17.